The van der Waals surface area contributed by atoms with E-state index in [-0.39, 0.29) is 11.3 Å². The van der Waals surface area contributed by atoms with Crippen LogP contribution >= 0.6 is 0 Å². The summed E-state index contributed by atoms with van der Waals surface area (Å²) in [4.78, 5) is 14.9. The summed E-state index contributed by atoms with van der Waals surface area (Å²) in [6.07, 6.45) is 0.380. The fraction of sp³-hybridized carbons (Fsp3) is 0.435. The molecule has 150 valence electrons. The molecule has 1 heterocycles. The van der Waals surface area contributed by atoms with Gasteiger partial charge >= 0.3 is 0 Å². The Morgan fingerprint density at radius 1 is 1.07 bits per heavy atom. The maximum Gasteiger partial charge on any atom is 0.227 e. The average Bonchev–Trinajstić information content (AvgIpc) is 2.68. The molecule has 1 amide bonds. The van der Waals surface area contributed by atoms with Crippen LogP contribution in [0.5, 0.6) is 17.2 Å². The third-order valence-corrected chi connectivity index (χ3v) is 5.23. The van der Waals surface area contributed by atoms with Crippen LogP contribution in [0.1, 0.15) is 37.5 Å². The first kappa shape index (κ1) is 20.1. The number of carbonyl (C=O) groups is 1. The lowest BCUT2D eigenvalue weighted by Crippen LogP contribution is -2.45. The summed E-state index contributed by atoms with van der Waals surface area (Å²) in [5.74, 6) is 2.37. The van der Waals surface area contributed by atoms with Gasteiger partial charge in [-0.2, -0.15) is 0 Å². The van der Waals surface area contributed by atoms with E-state index in [2.05, 4.69) is 13.8 Å². The lowest BCUT2D eigenvalue weighted by atomic mass is 9.78. The zero-order chi connectivity index (χ0) is 20.3. The number of nitrogens with zero attached hydrogens (tertiary/aromatic N) is 1. The second kappa shape index (κ2) is 8.13. The third-order valence-electron chi connectivity index (χ3n) is 5.23. The number of methoxy groups -OCH3 is 2. The fourth-order valence-corrected chi connectivity index (χ4v) is 3.84. The van der Waals surface area contributed by atoms with E-state index < -0.39 is 0 Å². The lowest BCUT2D eigenvalue weighted by Gasteiger charge is -2.40. The highest BCUT2D eigenvalue weighted by Crippen LogP contribution is 2.40. The normalized spacial score (nSPS) is 15.0. The van der Waals surface area contributed by atoms with Gasteiger partial charge in [0.1, 0.15) is 5.75 Å². The zero-order valence-corrected chi connectivity index (χ0v) is 17.4. The summed E-state index contributed by atoms with van der Waals surface area (Å²) >= 11 is 0. The van der Waals surface area contributed by atoms with Crippen molar-refractivity contribution in [2.45, 2.75) is 39.2 Å². The molecular formula is C23H29NO4. The summed E-state index contributed by atoms with van der Waals surface area (Å²) in [7, 11) is 3.28. The summed E-state index contributed by atoms with van der Waals surface area (Å²) in [5, 5.41) is 0. The number of amides is 1. The Morgan fingerprint density at radius 2 is 1.71 bits per heavy atom. The lowest BCUT2D eigenvalue weighted by molar-refractivity contribution is -0.132. The molecule has 5 nitrogen and oxygen atoms in total. The number of rotatable bonds is 6. The Hall–Kier alpha value is -2.69. The van der Waals surface area contributed by atoms with Crippen LogP contribution in [0.4, 0.5) is 0 Å². The predicted octanol–water partition coefficient (Wildman–Crippen LogP) is 3.97. The van der Waals surface area contributed by atoms with Gasteiger partial charge in [0.2, 0.25) is 5.91 Å². The molecular weight excluding hydrogens is 354 g/mol. The molecule has 2 aromatic carbocycles. The van der Waals surface area contributed by atoms with Crippen LogP contribution in [-0.4, -0.2) is 38.2 Å². The molecule has 0 saturated carbocycles. The number of carbonyl (C=O) groups excluding carboxylic acids is 1. The van der Waals surface area contributed by atoms with Crippen molar-refractivity contribution in [2.24, 2.45) is 0 Å². The Balaban J connectivity index is 1.80. The molecule has 1 aliphatic heterocycles. The average molecular weight is 383 g/mol. The Kier molecular flexibility index (Phi) is 5.82. The zero-order valence-electron chi connectivity index (χ0n) is 17.4. The van der Waals surface area contributed by atoms with Gasteiger partial charge in [0.05, 0.1) is 27.2 Å². The number of hydrogen-bond donors (Lipinski definition) is 0. The SMILES string of the molecule is CCOc1ccc(CC(=O)N2Cc3cc(OC)c(OC)cc3C(C)(C)C2)cc1. The van der Waals surface area contributed by atoms with E-state index in [1.54, 1.807) is 14.2 Å². The maximum atomic E-state index is 13.0. The second-order valence-corrected chi connectivity index (χ2v) is 7.75. The minimum Gasteiger partial charge on any atom is -0.494 e. The van der Waals surface area contributed by atoms with Gasteiger partial charge in [-0.1, -0.05) is 26.0 Å². The standard InChI is InChI=1S/C23H29NO4/c1-6-28-18-9-7-16(8-10-18)11-22(25)24-14-17-12-20(26-4)21(27-5)13-19(17)23(2,3)15-24/h7-10,12-13H,6,11,14-15H2,1-5H3. The van der Waals surface area contributed by atoms with Crippen LogP contribution in [0.25, 0.3) is 0 Å². The predicted molar refractivity (Wildman–Crippen MR) is 109 cm³/mol. The minimum atomic E-state index is -0.165. The minimum absolute atomic E-state index is 0.123. The summed E-state index contributed by atoms with van der Waals surface area (Å²) in [5.41, 5.74) is 3.13. The van der Waals surface area contributed by atoms with E-state index in [9.17, 15) is 4.79 Å². The molecule has 0 unspecified atom stereocenters. The van der Waals surface area contributed by atoms with Crippen LogP contribution in [0.15, 0.2) is 36.4 Å². The van der Waals surface area contributed by atoms with E-state index >= 15 is 0 Å². The Bertz CT molecular complexity index is 842. The van der Waals surface area contributed by atoms with Crippen LogP contribution < -0.4 is 14.2 Å². The van der Waals surface area contributed by atoms with Gasteiger partial charge in [0, 0.05) is 18.5 Å². The Labute approximate surface area is 167 Å². The Morgan fingerprint density at radius 3 is 2.32 bits per heavy atom. The van der Waals surface area contributed by atoms with Gasteiger partial charge in [-0.25, -0.2) is 0 Å². The van der Waals surface area contributed by atoms with Gasteiger partial charge in [-0.15, -0.1) is 0 Å². The van der Waals surface area contributed by atoms with Crippen LogP contribution in [-0.2, 0) is 23.2 Å². The van der Waals surface area contributed by atoms with Crippen molar-refractivity contribution in [1.82, 2.24) is 4.90 Å². The van der Waals surface area contributed by atoms with Crippen LogP contribution in [0.3, 0.4) is 0 Å². The van der Waals surface area contributed by atoms with Crippen molar-refractivity contribution in [2.75, 3.05) is 27.4 Å². The first-order valence-electron chi connectivity index (χ1n) is 9.63. The number of hydrogen-bond acceptors (Lipinski definition) is 4. The largest absolute Gasteiger partial charge is 0.494 e. The van der Waals surface area contributed by atoms with Crippen molar-refractivity contribution < 1.29 is 19.0 Å². The highest BCUT2D eigenvalue weighted by atomic mass is 16.5. The molecule has 0 N–H and O–H groups in total. The highest BCUT2D eigenvalue weighted by Gasteiger charge is 2.35. The molecule has 0 atom stereocenters. The molecule has 5 heteroatoms. The van der Waals surface area contributed by atoms with Crippen molar-refractivity contribution >= 4 is 5.91 Å². The molecule has 2 aromatic rings. The van der Waals surface area contributed by atoms with Gasteiger partial charge < -0.3 is 19.1 Å². The van der Waals surface area contributed by atoms with Crippen molar-refractivity contribution in [1.29, 1.82) is 0 Å². The fourth-order valence-electron chi connectivity index (χ4n) is 3.84. The smallest absolute Gasteiger partial charge is 0.227 e. The van der Waals surface area contributed by atoms with E-state index in [1.807, 2.05) is 48.2 Å². The van der Waals surface area contributed by atoms with Gasteiger partial charge in [0.15, 0.2) is 11.5 Å². The van der Waals surface area contributed by atoms with Crippen LogP contribution in [0.2, 0.25) is 0 Å². The maximum absolute atomic E-state index is 13.0. The first-order chi connectivity index (χ1) is 13.4. The van der Waals surface area contributed by atoms with Gasteiger partial charge in [0.25, 0.3) is 0 Å². The molecule has 0 fully saturated rings. The van der Waals surface area contributed by atoms with E-state index in [0.717, 1.165) is 22.6 Å². The summed E-state index contributed by atoms with van der Waals surface area (Å²) in [6.45, 7) is 8.16. The number of benzene rings is 2. The summed E-state index contributed by atoms with van der Waals surface area (Å²) in [6, 6.07) is 11.8. The second-order valence-electron chi connectivity index (χ2n) is 7.75. The highest BCUT2D eigenvalue weighted by molar-refractivity contribution is 5.79. The van der Waals surface area contributed by atoms with Crippen molar-refractivity contribution in [3.8, 4) is 17.2 Å². The number of ether oxygens (including phenoxy) is 3. The van der Waals surface area contributed by atoms with Gasteiger partial charge in [-0.3, -0.25) is 4.79 Å². The molecule has 0 spiro atoms. The van der Waals surface area contributed by atoms with E-state index in [4.69, 9.17) is 14.2 Å². The van der Waals surface area contributed by atoms with E-state index in [0.29, 0.717) is 31.9 Å². The molecule has 0 aliphatic carbocycles. The third kappa shape index (κ3) is 4.08. The van der Waals surface area contributed by atoms with Gasteiger partial charge in [-0.05, 0) is 47.9 Å². The topological polar surface area (TPSA) is 48.0 Å². The molecule has 0 aromatic heterocycles. The van der Waals surface area contributed by atoms with Crippen LogP contribution in [0, 0.1) is 0 Å². The molecule has 0 bridgehead atoms. The molecule has 1 aliphatic rings. The molecule has 0 saturated heterocycles. The first-order valence-corrected chi connectivity index (χ1v) is 9.63. The molecule has 28 heavy (non-hydrogen) atoms. The van der Waals surface area contributed by atoms with Crippen molar-refractivity contribution in [3.05, 3.63) is 53.1 Å². The monoisotopic (exact) mass is 383 g/mol. The quantitative estimate of drug-likeness (QED) is 0.757. The number of fused-ring (bicyclic) bond motifs is 1. The molecule has 3 rings (SSSR count). The summed E-state index contributed by atoms with van der Waals surface area (Å²) < 4.78 is 16.4. The van der Waals surface area contributed by atoms with Crippen molar-refractivity contribution in [3.63, 3.8) is 0 Å². The van der Waals surface area contributed by atoms with E-state index in [1.165, 1.54) is 5.56 Å². The molecule has 0 radical (unpaired) electrons.